The van der Waals surface area contributed by atoms with Crippen LogP contribution in [0.15, 0.2) is 11.2 Å². The summed E-state index contributed by atoms with van der Waals surface area (Å²) in [6.45, 7) is 0. The lowest BCUT2D eigenvalue weighted by Crippen LogP contribution is -2.03. The quantitative estimate of drug-likeness (QED) is 0.607. The molecule has 0 atom stereocenters. The number of anilines is 2. The van der Waals surface area contributed by atoms with Gasteiger partial charge in [-0.15, -0.1) is 0 Å². The normalized spacial score (nSPS) is 14.5. The summed E-state index contributed by atoms with van der Waals surface area (Å²) in [5, 5.41) is 3.35. The molecule has 0 spiro atoms. The summed E-state index contributed by atoms with van der Waals surface area (Å²) in [5.74, 6) is 0.159. The number of carbonyl (C=O) groups excluding carboxylic acids is 1. The fourth-order valence-corrected chi connectivity index (χ4v) is 1.39. The maximum absolute atomic E-state index is 10.3. The van der Waals surface area contributed by atoms with Gasteiger partial charge in [0.05, 0.1) is 11.9 Å². The summed E-state index contributed by atoms with van der Waals surface area (Å²) < 4.78 is 0. The van der Waals surface area contributed by atoms with Crippen LogP contribution < -0.4 is 11.1 Å². The number of hydrogen-bond donors (Lipinski definition) is 2. The Balaban J connectivity index is 2.42. The van der Waals surface area contributed by atoms with E-state index in [4.69, 9.17) is 17.3 Å². The highest BCUT2D eigenvalue weighted by Crippen LogP contribution is 2.38. The summed E-state index contributed by atoms with van der Waals surface area (Å²) in [7, 11) is 0. The fraction of sp³-hybridized carbons (Fsp3) is 0.333. The first-order valence-electron chi connectivity index (χ1n) is 4.50. The van der Waals surface area contributed by atoms with Crippen molar-refractivity contribution in [2.24, 2.45) is 4.99 Å². The van der Waals surface area contributed by atoms with E-state index in [2.05, 4.69) is 15.3 Å². The minimum absolute atomic E-state index is 0.159. The molecule has 1 aliphatic carbocycles. The van der Waals surface area contributed by atoms with Crippen LogP contribution in [0, 0.1) is 0 Å². The van der Waals surface area contributed by atoms with Crippen LogP contribution in [0.2, 0.25) is 5.02 Å². The smallest absolute Gasteiger partial charge is 0.240 e. The zero-order valence-corrected chi connectivity index (χ0v) is 8.58. The molecular weight excluding hydrogens is 216 g/mol. The highest BCUT2D eigenvalue weighted by Gasteiger charge is 2.23. The molecule has 0 saturated heterocycles. The van der Waals surface area contributed by atoms with Crippen LogP contribution in [0.3, 0.4) is 0 Å². The second kappa shape index (κ2) is 3.88. The lowest BCUT2D eigenvalue weighted by Gasteiger charge is -2.08. The molecule has 15 heavy (non-hydrogen) atoms. The van der Waals surface area contributed by atoms with Gasteiger partial charge < -0.3 is 11.1 Å². The molecule has 1 aromatic rings. The van der Waals surface area contributed by atoms with E-state index in [9.17, 15) is 4.79 Å². The average molecular weight is 225 g/mol. The summed E-state index contributed by atoms with van der Waals surface area (Å²) in [6.07, 6.45) is 5.18. The van der Waals surface area contributed by atoms with Crippen molar-refractivity contribution in [3.05, 3.63) is 11.2 Å². The van der Waals surface area contributed by atoms with Gasteiger partial charge in [0.25, 0.3) is 0 Å². The van der Waals surface area contributed by atoms with E-state index in [1.807, 2.05) is 0 Å². The number of aliphatic imine (C=N–C) groups is 1. The van der Waals surface area contributed by atoms with Crippen molar-refractivity contribution in [2.45, 2.75) is 18.9 Å². The average Bonchev–Trinajstić information content (AvgIpc) is 3.01. The molecule has 78 valence electrons. The number of rotatable bonds is 3. The second-order valence-corrected chi connectivity index (χ2v) is 3.72. The van der Waals surface area contributed by atoms with Crippen LogP contribution in [0.1, 0.15) is 12.8 Å². The molecule has 1 heterocycles. The Bertz CT molecular complexity index is 438. The van der Waals surface area contributed by atoms with Crippen molar-refractivity contribution in [1.29, 1.82) is 0 Å². The van der Waals surface area contributed by atoms with Gasteiger partial charge in [-0.1, -0.05) is 11.6 Å². The zero-order chi connectivity index (χ0) is 10.8. The highest BCUT2D eigenvalue weighted by atomic mass is 35.5. The van der Waals surface area contributed by atoms with E-state index >= 15 is 0 Å². The first-order valence-corrected chi connectivity index (χ1v) is 4.88. The lowest BCUT2D eigenvalue weighted by molar-refractivity contribution is 0.565. The number of nitrogen functional groups attached to an aromatic ring is 1. The zero-order valence-electron chi connectivity index (χ0n) is 7.83. The topological polar surface area (TPSA) is 80.4 Å². The minimum Gasteiger partial charge on any atom is -0.382 e. The van der Waals surface area contributed by atoms with Crippen molar-refractivity contribution in [2.75, 3.05) is 11.1 Å². The Morgan fingerprint density at radius 1 is 1.67 bits per heavy atom. The first-order chi connectivity index (χ1) is 7.22. The highest BCUT2D eigenvalue weighted by molar-refractivity contribution is 6.35. The standard InChI is InChI=1S/C9H9ClN4O/c10-7-8(13-4-15)6(3-12-9(7)11)14-5-1-2-5/h3,5,14H,1-2H2,(H2,11,12). The second-order valence-electron chi connectivity index (χ2n) is 3.34. The predicted octanol–water partition coefficient (Wildman–Crippen LogP) is 1.86. The molecule has 0 aliphatic heterocycles. The molecule has 0 radical (unpaired) electrons. The van der Waals surface area contributed by atoms with E-state index in [1.54, 1.807) is 0 Å². The van der Waals surface area contributed by atoms with Gasteiger partial charge in [0.2, 0.25) is 6.08 Å². The van der Waals surface area contributed by atoms with E-state index < -0.39 is 0 Å². The molecule has 3 N–H and O–H groups in total. The van der Waals surface area contributed by atoms with Crippen molar-refractivity contribution in [3.8, 4) is 0 Å². The Morgan fingerprint density at radius 2 is 2.40 bits per heavy atom. The largest absolute Gasteiger partial charge is 0.382 e. The van der Waals surface area contributed by atoms with Crippen LogP contribution >= 0.6 is 11.6 Å². The Kier molecular flexibility index (Phi) is 2.58. The number of hydrogen-bond acceptors (Lipinski definition) is 5. The third-order valence-corrected chi connectivity index (χ3v) is 2.49. The van der Waals surface area contributed by atoms with E-state index in [0.29, 0.717) is 17.4 Å². The number of nitrogens with one attached hydrogen (secondary N) is 1. The number of pyridine rings is 1. The van der Waals surface area contributed by atoms with Gasteiger partial charge in [0.1, 0.15) is 16.5 Å². The molecule has 5 nitrogen and oxygen atoms in total. The Hall–Kier alpha value is -1.58. The summed E-state index contributed by atoms with van der Waals surface area (Å²) in [4.78, 5) is 17.7. The van der Waals surface area contributed by atoms with Gasteiger partial charge in [-0.05, 0) is 12.8 Å². The van der Waals surface area contributed by atoms with Gasteiger partial charge in [0, 0.05) is 6.04 Å². The molecule has 2 rings (SSSR count). The summed E-state index contributed by atoms with van der Waals surface area (Å²) in [5.41, 5.74) is 6.44. The third kappa shape index (κ3) is 2.09. The van der Waals surface area contributed by atoms with Crippen molar-refractivity contribution in [1.82, 2.24) is 4.98 Å². The number of halogens is 1. The predicted molar refractivity (Wildman–Crippen MR) is 58.1 cm³/mol. The van der Waals surface area contributed by atoms with E-state index in [1.165, 1.54) is 12.3 Å². The monoisotopic (exact) mass is 224 g/mol. The van der Waals surface area contributed by atoms with Crippen LogP contribution in [-0.2, 0) is 4.79 Å². The molecule has 0 aromatic carbocycles. The first kappa shape index (κ1) is 9.96. The number of nitrogens with zero attached hydrogens (tertiary/aromatic N) is 2. The maximum atomic E-state index is 10.3. The number of isocyanates is 1. The Labute approximate surface area is 91.4 Å². The summed E-state index contributed by atoms with van der Waals surface area (Å²) >= 11 is 5.88. The lowest BCUT2D eigenvalue weighted by atomic mass is 10.3. The van der Waals surface area contributed by atoms with Gasteiger partial charge in [-0.3, -0.25) is 0 Å². The number of aromatic nitrogens is 1. The molecule has 1 aliphatic rings. The molecule has 0 unspecified atom stereocenters. The van der Waals surface area contributed by atoms with Crippen molar-refractivity contribution >= 4 is 34.9 Å². The van der Waals surface area contributed by atoms with Gasteiger partial charge in [-0.25, -0.2) is 9.78 Å². The van der Waals surface area contributed by atoms with Crippen LogP contribution in [0.25, 0.3) is 0 Å². The van der Waals surface area contributed by atoms with Crippen molar-refractivity contribution < 1.29 is 4.79 Å². The van der Waals surface area contributed by atoms with E-state index in [-0.39, 0.29) is 10.8 Å². The van der Waals surface area contributed by atoms with E-state index in [0.717, 1.165) is 12.8 Å². The third-order valence-electron chi connectivity index (χ3n) is 2.12. The molecular formula is C9H9ClN4O. The molecule has 0 amide bonds. The minimum atomic E-state index is 0.159. The van der Waals surface area contributed by atoms with Gasteiger partial charge in [-0.2, -0.15) is 4.99 Å². The molecule has 1 saturated carbocycles. The molecule has 1 fully saturated rings. The molecule has 6 heteroatoms. The maximum Gasteiger partial charge on any atom is 0.240 e. The Morgan fingerprint density at radius 3 is 3.00 bits per heavy atom. The summed E-state index contributed by atoms with van der Waals surface area (Å²) in [6, 6.07) is 0.423. The van der Waals surface area contributed by atoms with Gasteiger partial charge in [0.15, 0.2) is 0 Å². The molecule has 0 bridgehead atoms. The molecule has 1 aromatic heterocycles. The van der Waals surface area contributed by atoms with Crippen LogP contribution in [-0.4, -0.2) is 17.1 Å². The number of nitrogens with two attached hydrogens (primary N) is 1. The van der Waals surface area contributed by atoms with Crippen LogP contribution in [0.5, 0.6) is 0 Å². The van der Waals surface area contributed by atoms with Crippen LogP contribution in [0.4, 0.5) is 17.2 Å². The van der Waals surface area contributed by atoms with Gasteiger partial charge >= 0.3 is 0 Å². The SMILES string of the molecule is Nc1ncc(NC2CC2)c(N=C=O)c1Cl. The fourth-order valence-electron chi connectivity index (χ4n) is 1.20. The van der Waals surface area contributed by atoms with Crippen molar-refractivity contribution in [3.63, 3.8) is 0 Å².